The Hall–Kier alpha value is -3.59. The molecule has 1 aliphatic heterocycles. The zero-order valence-electron chi connectivity index (χ0n) is 17.2. The van der Waals surface area contributed by atoms with E-state index in [1.807, 2.05) is 0 Å². The van der Waals surface area contributed by atoms with E-state index in [-0.39, 0.29) is 18.5 Å². The number of fused-ring (bicyclic) bond motifs is 1. The van der Waals surface area contributed by atoms with Crippen LogP contribution in [0.1, 0.15) is 6.42 Å². The topological polar surface area (TPSA) is 108 Å². The first kappa shape index (κ1) is 21.6. The Morgan fingerprint density at radius 3 is 2.41 bits per heavy atom. The number of amides is 3. The molecule has 1 saturated heterocycles. The molecule has 1 aliphatic rings. The molecule has 1 fully saturated rings. The van der Waals surface area contributed by atoms with Gasteiger partial charge in [0.1, 0.15) is 6.54 Å². The highest BCUT2D eigenvalue weighted by Crippen LogP contribution is 2.14. The molecule has 2 N–H and O–H groups in total. The summed E-state index contributed by atoms with van der Waals surface area (Å²) >= 11 is 5.87. The van der Waals surface area contributed by atoms with Gasteiger partial charge in [-0.15, -0.1) is 0 Å². The highest BCUT2D eigenvalue weighted by molar-refractivity contribution is 6.30. The molecule has 2 aromatic carbocycles. The summed E-state index contributed by atoms with van der Waals surface area (Å²) in [5.41, 5.74) is -0.0628. The van der Waals surface area contributed by atoms with Crippen molar-refractivity contribution in [3.05, 3.63) is 74.4 Å². The number of aromatic amines is 1. The highest BCUT2D eigenvalue weighted by Gasteiger charge is 2.23. The third kappa shape index (κ3) is 4.67. The number of benzene rings is 2. The maximum Gasteiger partial charge on any atom is 0.329 e. The number of urea groups is 1. The predicted molar refractivity (Wildman–Crippen MR) is 122 cm³/mol. The lowest BCUT2D eigenvalue weighted by atomic mass is 10.2. The summed E-state index contributed by atoms with van der Waals surface area (Å²) in [5, 5.41) is 3.74. The van der Waals surface area contributed by atoms with Gasteiger partial charge in [0.05, 0.1) is 10.9 Å². The third-order valence-corrected chi connectivity index (χ3v) is 5.67. The molecule has 10 heteroatoms. The molecule has 3 aromatic rings. The van der Waals surface area contributed by atoms with Crippen molar-refractivity contribution in [3.63, 3.8) is 0 Å². The van der Waals surface area contributed by atoms with Crippen LogP contribution in [0, 0.1) is 0 Å². The first-order valence-corrected chi connectivity index (χ1v) is 10.6. The van der Waals surface area contributed by atoms with Gasteiger partial charge in [-0.1, -0.05) is 23.7 Å². The average Bonchev–Trinajstić information content (AvgIpc) is 3.05. The van der Waals surface area contributed by atoms with Crippen molar-refractivity contribution in [2.75, 3.05) is 31.5 Å². The van der Waals surface area contributed by atoms with E-state index in [0.717, 1.165) is 4.57 Å². The van der Waals surface area contributed by atoms with Crippen LogP contribution in [0.4, 0.5) is 10.5 Å². The lowest BCUT2D eigenvalue weighted by molar-refractivity contribution is -0.131. The molecule has 166 valence electrons. The molecular weight excluding hydrogens is 434 g/mol. The zero-order valence-corrected chi connectivity index (χ0v) is 18.0. The quantitative estimate of drug-likeness (QED) is 0.630. The molecule has 0 spiro atoms. The molecule has 0 bridgehead atoms. The lowest BCUT2D eigenvalue weighted by Crippen LogP contribution is -2.44. The van der Waals surface area contributed by atoms with Crippen LogP contribution in [0.5, 0.6) is 0 Å². The minimum absolute atomic E-state index is 0.260. The largest absolute Gasteiger partial charge is 0.339 e. The lowest BCUT2D eigenvalue weighted by Gasteiger charge is -2.22. The molecule has 0 saturated carbocycles. The Morgan fingerprint density at radius 1 is 0.938 bits per heavy atom. The van der Waals surface area contributed by atoms with Crippen molar-refractivity contribution in [2.45, 2.75) is 13.0 Å². The molecular formula is C22H22ClN5O4. The highest BCUT2D eigenvalue weighted by atomic mass is 35.5. The minimum atomic E-state index is -0.624. The Labute approximate surface area is 188 Å². The van der Waals surface area contributed by atoms with E-state index in [2.05, 4.69) is 10.3 Å². The van der Waals surface area contributed by atoms with Gasteiger partial charge in [-0.3, -0.25) is 14.2 Å². The molecule has 2 heterocycles. The van der Waals surface area contributed by atoms with Gasteiger partial charge in [0, 0.05) is 36.9 Å². The standard InChI is InChI=1S/C22H22ClN5O4/c23-15-6-8-16(9-7-15)24-21(31)27-11-3-10-26(12-13-27)19(29)14-28-20(30)17-4-1-2-5-18(17)25-22(28)32/h1-2,4-9H,3,10-14H2,(H,24,31)(H,25,32). The minimum Gasteiger partial charge on any atom is -0.339 e. The van der Waals surface area contributed by atoms with E-state index in [0.29, 0.717) is 54.2 Å². The van der Waals surface area contributed by atoms with Gasteiger partial charge in [0.25, 0.3) is 5.56 Å². The van der Waals surface area contributed by atoms with Gasteiger partial charge >= 0.3 is 11.7 Å². The number of rotatable bonds is 3. The smallest absolute Gasteiger partial charge is 0.329 e. The Morgan fingerprint density at radius 2 is 1.62 bits per heavy atom. The summed E-state index contributed by atoms with van der Waals surface area (Å²) < 4.78 is 0.917. The maximum absolute atomic E-state index is 12.8. The van der Waals surface area contributed by atoms with Gasteiger partial charge in [0.2, 0.25) is 5.91 Å². The summed E-state index contributed by atoms with van der Waals surface area (Å²) in [6, 6.07) is 13.2. The number of aromatic nitrogens is 2. The number of H-pyrrole nitrogens is 1. The normalized spacial score (nSPS) is 14.3. The van der Waals surface area contributed by atoms with Crippen LogP contribution >= 0.6 is 11.6 Å². The van der Waals surface area contributed by atoms with Crippen molar-refractivity contribution in [3.8, 4) is 0 Å². The SMILES string of the molecule is O=C(Cn1c(=O)[nH]c2ccccc2c1=O)N1CCCN(C(=O)Nc2ccc(Cl)cc2)CC1. The molecule has 32 heavy (non-hydrogen) atoms. The zero-order chi connectivity index (χ0) is 22.7. The number of nitrogens with one attached hydrogen (secondary N) is 2. The van der Waals surface area contributed by atoms with E-state index >= 15 is 0 Å². The van der Waals surface area contributed by atoms with Gasteiger partial charge in [-0.2, -0.15) is 0 Å². The average molecular weight is 456 g/mol. The van der Waals surface area contributed by atoms with Crippen molar-refractivity contribution >= 4 is 40.1 Å². The van der Waals surface area contributed by atoms with E-state index in [1.165, 1.54) is 0 Å². The predicted octanol–water partition coefficient (Wildman–Crippen LogP) is 2.11. The molecule has 0 atom stereocenters. The van der Waals surface area contributed by atoms with Gasteiger partial charge < -0.3 is 20.1 Å². The van der Waals surface area contributed by atoms with E-state index < -0.39 is 11.2 Å². The van der Waals surface area contributed by atoms with Gasteiger partial charge in [-0.25, -0.2) is 9.59 Å². The van der Waals surface area contributed by atoms with Crippen molar-refractivity contribution in [1.82, 2.24) is 19.4 Å². The van der Waals surface area contributed by atoms with Crippen LogP contribution < -0.4 is 16.6 Å². The molecule has 0 unspecified atom stereocenters. The number of anilines is 1. The van der Waals surface area contributed by atoms with E-state index in [9.17, 15) is 19.2 Å². The third-order valence-electron chi connectivity index (χ3n) is 5.41. The van der Waals surface area contributed by atoms with Crippen LogP contribution in [0.15, 0.2) is 58.1 Å². The summed E-state index contributed by atoms with van der Waals surface area (Å²) in [5.74, 6) is -0.340. The monoisotopic (exact) mass is 455 g/mol. The summed E-state index contributed by atoms with van der Waals surface area (Å²) in [7, 11) is 0. The first-order valence-electron chi connectivity index (χ1n) is 10.2. The molecule has 9 nitrogen and oxygen atoms in total. The fourth-order valence-electron chi connectivity index (χ4n) is 3.68. The summed E-state index contributed by atoms with van der Waals surface area (Å²) in [6.45, 7) is 1.22. The van der Waals surface area contributed by atoms with Crippen LogP contribution in [0.2, 0.25) is 5.02 Å². The summed E-state index contributed by atoms with van der Waals surface area (Å²) in [6.07, 6.45) is 0.586. The van der Waals surface area contributed by atoms with Crippen molar-refractivity contribution in [1.29, 1.82) is 0 Å². The Bertz CT molecular complexity index is 1270. The second-order valence-corrected chi connectivity index (χ2v) is 7.96. The number of para-hydroxylation sites is 1. The molecule has 4 rings (SSSR count). The number of halogens is 1. The molecule has 0 aliphatic carbocycles. The fraction of sp³-hybridized carbons (Fsp3) is 0.273. The van der Waals surface area contributed by atoms with Crippen LogP contribution in [-0.4, -0.2) is 57.5 Å². The van der Waals surface area contributed by atoms with Crippen LogP contribution in [-0.2, 0) is 11.3 Å². The first-order chi connectivity index (χ1) is 15.4. The second-order valence-electron chi connectivity index (χ2n) is 7.53. The maximum atomic E-state index is 12.8. The number of hydrogen-bond acceptors (Lipinski definition) is 4. The van der Waals surface area contributed by atoms with Gasteiger partial charge in [0.15, 0.2) is 0 Å². The van der Waals surface area contributed by atoms with Crippen molar-refractivity contribution < 1.29 is 9.59 Å². The number of nitrogens with zero attached hydrogens (tertiary/aromatic N) is 3. The van der Waals surface area contributed by atoms with E-state index in [1.54, 1.807) is 58.3 Å². The second kappa shape index (κ2) is 9.27. The molecule has 3 amide bonds. The van der Waals surface area contributed by atoms with Crippen LogP contribution in [0.25, 0.3) is 10.9 Å². The summed E-state index contributed by atoms with van der Waals surface area (Å²) in [4.78, 5) is 56.3. The van der Waals surface area contributed by atoms with Crippen molar-refractivity contribution in [2.24, 2.45) is 0 Å². The van der Waals surface area contributed by atoms with Crippen LogP contribution in [0.3, 0.4) is 0 Å². The van der Waals surface area contributed by atoms with Gasteiger partial charge in [-0.05, 0) is 42.8 Å². The van der Waals surface area contributed by atoms with E-state index in [4.69, 9.17) is 11.6 Å². The fourth-order valence-corrected chi connectivity index (χ4v) is 3.81. The number of carbonyl (C=O) groups excluding carboxylic acids is 2. The Balaban J connectivity index is 1.41. The molecule has 0 radical (unpaired) electrons. The number of carbonyl (C=O) groups is 2. The molecule has 1 aromatic heterocycles. The Kier molecular flexibility index (Phi) is 6.27. The number of hydrogen-bond donors (Lipinski definition) is 2.